The second-order valence-electron chi connectivity index (χ2n) is 8.40. The maximum Gasteiger partial charge on any atom is 0.217 e. The molecule has 27 heavy (non-hydrogen) atoms. The Hall–Kier alpha value is -1.43. The lowest BCUT2D eigenvalue weighted by atomic mass is 9.83. The minimum absolute atomic E-state index is 0.0388. The molecule has 1 aromatic heterocycles. The van der Waals surface area contributed by atoms with Crippen molar-refractivity contribution in [2.45, 2.75) is 65.2 Å². The van der Waals surface area contributed by atoms with Crippen LogP contribution in [-0.2, 0) is 14.3 Å². The zero-order valence-corrected chi connectivity index (χ0v) is 17.9. The Kier molecular flexibility index (Phi) is 5.94. The molecule has 2 heterocycles. The van der Waals surface area contributed by atoms with Crippen LogP contribution in [0.4, 0.5) is 0 Å². The molecule has 0 bridgehead atoms. The number of hydrogen-bond donors (Lipinski definition) is 1. The van der Waals surface area contributed by atoms with Gasteiger partial charge in [0.2, 0.25) is 5.91 Å². The van der Waals surface area contributed by atoms with Crippen LogP contribution in [-0.4, -0.2) is 30.4 Å². The van der Waals surface area contributed by atoms with E-state index in [-0.39, 0.29) is 5.91 Å². The van der Waals surface area contributed by atoms with Gasteiger partial charge < -0.3 is 14.8 Å². The van der Waals surface area contributed by atoms with Gasteiger partial charge in [-0.15, -0.1) is 11.3 Å². The molecule has 1 fully saturated rings. The zero-order valence-electron chi connectivity index (χ0n) is 17.1. The van der Waals surface area contributed by atoms with Crippen LogP contribution in [0.2, 0.25) is 0 Å². The molecule has 4 nitrogen and oxygen atoms in total. The molecule has 148 valence electrons. The third kappa shape index (κ3) is 5.09. The standard InChI is InChI=1S/C22H31NO3S/c1-15-12-18(7-8-19(15)20-9-6-16(2)27-20)10-11-22(23-17(3)24)13-25-21(4,5)26-14-22/h6-9,15H,10-14H2,1-5H3,(H,23,24). The Morgan fingerprint density at radius 3 is 2.52 bits per heavy atom. The maximum atomic E-state index is 11.7. The average molecular weight is 390 g/mol. The predicted octanol–water partition coefficient (Wildman–Crippen LogP) is 4.84. The van der Waals surface area contributed by atoms with Crippen molar-refractivity contribution in [2.24, 2.45) is 5.92 Å². The summed E-state index contributed by atoms with van der Waals surface area (Å²) in [6, 6.07) is 4.42. The first kappa shape index (κ1) is 20.3. The number of carbonyl (C=O) groups is 1. The summed E-state index contributed by atoms with van der Waals surface area (Å²) >= 11 is 1.86. The summed E-state index contributed by atoms with van der Waals surface area (Å²) in [5, 5.41) is 3.09. The summed E-state index contributed by atoms with van der Waals surface area (Å²) < 4.78 is 11.7. The van der Waals surface area contributed by atoms with Crippen molar-refractivity contribution in [2.75, 3.05) is 13.2 Å². The van der Waals surface area contributed by atoms with E-state index in [9.17, 15) is 4.79 Å². The van der Waals surface area contributed by atoms with Gasteiger partial charge in [0.15, 0.2) is 5.79 Å². The van der Waals surface area contributed by atoms with Crippen molar-refractivity contribution in [3.63, 3.8) is 0 Å². The summed E-state index contributed by atoms with van der Waals surface area (Å²) in [5.74, 6) is -0.113. The minimum atomic E-state index is -0.586. The van der Waals surface area contributed by atoms with Gasteiger partial charge in [-0.3, -0.25) is 4.79 Å². The first-order chi connectivity index (χ1) is 12.7. The van der Waals surface area contributed by atoms with Crippen molar-refractivity contribution in [3.05, 3.63) is 39.6 Å². The molecule has 2 aliphatic rings. The quantitative estimate of drug-likeness (QED) is 0.783. The molecule has 0 saturated carbocycles. The average Bonchev–Trinajstić information content (AvgIpc) is 3.01. The number of ether oxygens (including phenoxy) is 2. The summed E-state index contributed by atoms with van der Waals surface area (Å²) in [6.45, 7) is 10.8. The first-order valence-corrected chi connectivity index (χ1v) is 10.5. The summed E-state index contributed by atoms with van der Waals surface area (Å²) in [5.41, 5.74) is 2.41. The fourth-order valence-electron chi connectivity index (χ4n) is 3.80. The number of allylic oxidation sites excluding steroid dienone is 4. The first-order valence-electron chi connectivity index (χ1n) is 9.71. The van der Waals surface area contributed by atoms with Crippen LogP contribution in [0.1, 0.15) is 56.7 Å². The van der Waals surface area contributed by atoms with Crippen LogP contribution < -0.4 is 5.32 Å². The van der Waals surface area contributed by atoms with Crippen LogP contribution in [0.25, 0.3) is 5.57 Å². The number of hydrogen-bond acceptors (Lipinski definition) is 4. The van der Waals surface area contributed by atoms with E-state index in [4.69, 9.17) is 9.47 Å². The monoisotopic (exact) mass is 389 g/mol. The molecule has 5 heteroatoms. The topological polar surface area (TPSA) is 47.6 Å². The fourth-order valence-corrected chi connectivity index (χ4v) is 4.81. The van der Waals surface area contributed by atoms with Crippen molar-refractivity contribution >= 4 is 22.8 Å². The number of rotatable bonds is 5. The van der Waals surface area contributed by atoms with E-state index in [2.05, 4.69) is 43.4 Å². The van der Waals surface area contributed by atoms with Gasteiger partial charge in [0.25, 0.3) is 0 Å². The van der Waals surface area contributed by atoms with Crippen LogP contribution in [0.3, 0.4) is 0 Å². The van der Waals surface area contributed by atoms with E-state index in [1.54, 1.807) is 6.92 Å². The molecule has 1 atom stereocenters. The third-order valence-electron chi connectivity index (χ3n) is 5.38. The molecule has 0 aromatic carbocycles. The number of amides is 1. The van der Waals surface area contributed by atoms with E-state index in [0.717, 1.165) is 19.3 Å². The van der Waals surface area contributed by atoms with Crippen molar-refractivity contribution in [1.82, 2.24) is 5.32 Å². The zero-order chi connectivity index (χ0) is 19.7. The molecule has 1 saturated heterocycles. The lowest BCUT2D eigenvalue weighted by molar-refractivity contribution is -0.271. The smallest absolute Gasteiger partial charge is 0.217 e. The minimum Gasteiger partial charge on any atom is -0.348 e. The number of nitrogens with one attached hydrogen (secondary N) is 1. The molecule has 1 unspecified atom stereocenters. The van der Waals surface area contributed by atoms with Crippen LogP contribution in [0.5, 0.6) is 0 Å². The van der Waals surface area contributed by atoms with Gasteiger partial charge in [0, 0.05) is 16.7 Å². The Bertz CT molecular complexity index is 749. The second-order valence-corrected chi connectivity index (χ2v) is 9.69. The highest BCUT2D eigenvalue weighted by molar-refractivity contribution is 7.13. The Morgan fingerprint density at radius 1 is 1.26 bits per heavy atom. The van der Waals surface area contributed by atoms with Gasteiger partial charge in [-0.25, -0.2) is 0 Å². The van der Waals surface area contributed by atoms with Gasteiger partial charge >= 0.3 is 0 Å². The predicted molar refractivity (Wildman–Crippen MR) is 111 cm³/mol. The number of aryl methyl sites for hydroxylation is 1. The second kappa shape index (κ2) is 7.90. The van der Waals surface area contributed by atoms with Gasteiger partial charge in [-0.05, 0) is 63.7 Å². The largest absolute Gasteiger partial charge is 0.348 e. The van der Waals surface area contributed by atoms with E-state index in [1.807, 2.05) is 25.2 Å². The van der Waals surface area contributed by atoms with E-state index in [0.29, 0.717) is 19.1 Å². The summed E-state index contributed by atoms with van der Waals surface area (Å²) in [7, 11) is 0. The molecule has 1 aromatic rings. The fraction of sp³-hybridized carbons (Fsp3) is 0.591. The Balaban J connectivity index is 1.68. The molecule has 1 N–H and O–H groups in total. The van der Waals surface area contributed by atoms with Crippen LogP contribution in [0, 0.1) is 12.8 Å². The molecule has 1 amide bonds. The lowest BCUT2D eigenvalue weighted by Gasteiger charge is -2.44. The van der Waals surface area contributed by atoms with Gasteiger partial charge in [0.05, 0.1) is 18.8 Å². The highest BCUT2D eigenvalue weighted by Crippen LogP contribution is 2.37. The molecule has 1 aliphatic carbocycles. The van der Waals surface area contributed by atoms with Gasteiger partial charge in [-0.2, -0.15) is 0 Å². The van der Waals surface area contributed by atoms with Gasteiger partial charge in [-0.1, -0.05) is 24.6 Å². The molecule has 0 radical (unpaired) electrons. The van der Waals surface area contributed by atoms with Crippen LogP contribution >= 0.6 is 11.3 Å². The van der Waals surface area contributed by atoms with Crippen molar-refractivity contribution < 1.29 is 14.3 Å². The Labute approximate surface area is 166 Å². The number of carbonyl (C=O) groups excluding carboxylic acids is 1. The SMILES string of the molecule is CC(=O)NC1(CCC2=CC=C(c3ccc(C)s3)C(C)C2)COC(C)(C)OC1. The Morgan fingerprint density at radius 2 is 1.96 bits per heavy atom. The molecular weight excluding hydrogens is 358 g/mol. The molecule has 1 aliphatic heterocycles. The van der Waals surface area contributed by atoms with E-state index in [1.165, 1.54) is 20.9 Å². The van der Waals surface area contributed by atoms with E-state index >= 15 is 0 Å². The summed E-state index contributed by atoms with van der Waals surface area (Å²) in [4.78, 5) is 14.5. The normalized spacial score (nSPS) is 24.1. The van der Waals surface area contributed by atoms with E-state index < -0.39 is 11.3 Å². The highest BCUT2D eigenvalue weighted by atomic mass is 32.1. The van der Waals surface area contributed by atoms with Crippen LogP contribution in [0.15, 0.2) is 29.9 Å². The molecule has 0 spiro atoms. The lowest BCUT2D eigenvalue weighted by Crippen LogP contribution is -2.60. The highest BCUT2D eigenvalue weighted by Gasteiger charge is 2.40. The molecule has 3 rings (SSSR count). The number of thiophene rings is 1. The van der Waals surface area contributed by atoms with Crippen molar-refractivity contribution in [1.29, 1.82) is 0 Å². The molecular formula is C22H31NO3S. The maximum absolute atomic E-state index is 11.7. The third-order valence-corrected chi connectivity index (χ3v) is 6.43. The summed E-state index contributed by atoms with van der Waals surface area (Å²) in [6.07, 6.45) is 7.36. The van der Waals surface area contributed by atoms with Gasteiger partial charge in [0.1, 0.15) is 0 Å². The van der Waals surface area contributed by atoms with Crippen molar-refractivity contribution in [3.8, 4) is 0 Å².